The van der Waals surface area contributed by atoms with Gasteiger partial charge in [-0.3, -0.25) is 9.59 Å². The third kappa shape index (κ3) is 6.81. The van der Waals surface area contributed by atoms with E-state index < -0.39 is 6.04 Å². The van der Waals surface area contributed by atoms with Crippen molar-refractivity contribution in [2.45, 2.75) is 37.8 Å². The number of amides is 2. The van der Waals surface area contributed by atoms with Gasteiger partial charge in [0.05, 0.1) is 6.10 Å². The van der Waals surface area contributed by atoms with Crippen LogP contribution in [-0.2, 0) is 27.2 Å². The summed E-state index contributed by atoms with van der Waals surface area (Å²) in [4.78, 5) is 34.7. The highest BCUT2D eigenvalue weighted by Crippen LogP contribution is 2.33. The van der Waals surface area contributed by atoms with Gasteiger partial charge in [-0.15, -0.1) is 0 Å². The number of H-pyrrole nitrogens is 1. The van der Waals surface area contributed by atoms with E-state index in [4.69, 9.17) is 16.3 Å². The Bertz CT molecular complexity index is 1300. The third-order valence-electron chi connectivity index (χ3n) is 7.64. The van der Waals surface area contributed by atoms with Crippen LogP contribution in [0.5, 0.6) is 0 Å². The van der Waals surface area contributed by atoms with Crippen molar-refractivity contribution in [2.75, 3.05) is 51.8 Å². The SMILES string of the molecule is CN(C)C[C@@H]1Cc2cc(Cl)ccc2N(C(=O)[C@@H](Cc2c[nH]c3ccccc23)NC(=O)COC2CCNCC2)C1. The minimum atomic E-state index is -0.741. The van der Waals surface area contributed by atoms with E-state index in [1.165, 1.54) is 0 Å². The molecular weight excluding hydrogens is 514 g/mol. The summed E-state index contributed by atoms with van der Waals surface area (Å²) in [6.45, 7) is 3.15. The largest absolute Gasteiger partial charge is 0.368 e. The predicted molar refractivity (Wildman–Crippen MR) is 155 cm³/mol. The molecule has 0 bridgehead atoms. The molecular formula is C30H38ClN5O3. The fourth-order valence-electron chi connectivity index (χ4n) is 5.86. The first-order valence-electron chi connectivity index (χ1n) is 13.8. The van der Waals surface area contributed by atoms with Crippen LogP contribution in [0.25, 0.3) is 10.9 Å². The number of hydrogen-bond acceptors (Lipinski definition) is 5. The Morgan fingerprint density at radius 3 is 2.77 bits per heavy atom. The van der Waals surface area contributed by atoms with Crippen LogP contribution in [0.15, 0.2) is 48.7 Å². The Hall–Kier alpha value is -2.91. The van der Waals surface area contributed by atoms with Crippen molar-refractivity contribution in [2.24, 2.45) is 5.92 Å². The number of halogens is 1. The molecule has 2 aromatic carbocycles. The molecule has 5 rings (SSSR count). The second kappa shape index (κ2) is 12.5. The highest BCUT2D eigenvalue weighted by molar-refractivity contribution is 6.30. The normalized spacial score (nSPS) is 18.8. The van der Waals surface area contributed by atoms with E-state index in [0.717, 1.165) is 66.6 Å². The molecule has 3 N–H and O–H groups in total. The molecule has 0 radical (unpaired) electrons. The van der Waals surface area contributed by atoms with E-state index in [1.807, 2.05) is 67.7 Å². The van der Waals surface area contributed by atoms with Crippen LogP contribution < -0.4 is 15.5 Å². The zero-order chi connectivity index (χ0) is 27.4. The van der Waals surface area contributed by atoms with E-state index in [-0.39, 0.29) is 30.4 Å². The summed E-state index contributed by atoms with van der Waals surface area (Å²) >= 11 is 6.35. The van der Waals surface area contributed by atoms with Crippen LogP contribution in [0, 0.1) is 5.92 Å². The first-order chi connectivity index (χ1) is 18.9. The van der Waals surface area contributed by atoms with Gasteiger partial charge in [-0.2, -0.15) is 0 Å². The molecule has 3 heterocycles. The summed E-state index contributed by atoms with van der Waals surface area (Å²) in [5.41, 5.74) is 3.91. The molecule has 0 aliphatic carbocycles. The maximum Gasteiger partial charge on any atom is 0.249 e. The van der Waals surface area contributed by atoms with Crippen LogP contribution in [-0.4, -0.2) is 80.7 Å². The standard InChI is InChI=1S/C30H38ClN5O3/c1-35(2)17-20-13-21-14-23(31)7-8-28(21)36(18-20)30(38)27(15-22-16-33-26-6-4-3-5-25(22)26)34-29(37)19-39-24-9-11-32-12-10-24/h3-8,14,16,20,24,27,32-33H,9-13,15,17-19H2,1-2H3,(H,34,37)/t20-,27+/m0/s1. The van der Waals surface area contributed by atoms with Gasteiger partial charge in [0, 0.05) is 47.3 Å². The van der Waals surface area contributed by atoms with Crippen LogP contribution >= 0.6 is 11.6 Å². The topological polar surface area (TPSA) is 89.7 Å². The average molecular weight is 552 g/mol. The van der Waals surface area contributed by atoms with Crippen LogP contribution in [0.2, 0.25) is 5.02 Å². The van der Waals surface area contributed by atoms with Crippen LogP contribution in [0.3, 0.4) is 0 Å². The minimum Gasteiger partial charge on any atom is -0.368 e. The number of aromatic amines is 1. The number of hydrogen-bond donors (Lipinski definition) is 3. The van der Waals surface area contributed by atoms with Crippen molar-refractivity contribution in [1.82, 2.24) is 20.5 Å². The summed E-state index contributed by atoms with van der Waals surface area (Å²) in [7, 11) is 4.09. The smallest absolute Gasteiger partial charge is 0.249 e. The molecule has 2 amide bonds. The predicted octanol–water partition coefficient (Wildman–Crippen LogP) is 3.38. The Kier molecular flexibility index (Phi) is 8.87. The summed E-state index contributed by atoms with van der Waals surface area (Å²) in [6.07, 6.45) is 4.98. The highest BCUT2D eigenvalue weighted by Gasteiger charge is 2.34. The molecule has 1 aromatic heterocycles. The second-order valence-corrected chi connectivity index (χ2v) is 11.4. The van der Waals surface area contributed by atoms with Gasteiger partial charge < -0.3 is 30.2 Å². The molecule has 8 nitrogen and oxygen atoms in total. The maximum absolute atomic E-state index is 14.3. The molecule has 0 unspecified atom stereocenters. The van der Waals surface area contributed by atoms with Crippen molar-refractivity contribution in [3.05, 3.63) is 64.8 Å². The third-order valence-corrected chi connectivity index (χ3v) is 7.87. The number of nitrogens with one attached hydrogen (secondary N) is 3. The molecule has 208 valence electrons. The molecule has 39 heavy (non-hydrogen) atoms. The Morgan fingerprint density at radius 1 is 1.18 bits per heavy atom. The zero-order valence-electron chi connectivity index (χ0n) is 22.7. The molecule has 1 saturated heterocycles. The van der Waals surface area contributed by atoms with Gasteiger partial charge in [-0.1, -0.05) is 29.8 Å². The van der Waals surface area contributed by atoms with Crippen molar-refractivity contribution in [1.29, 1.82) is 0 Å². The highest BCUT2D eigenvalue weighted by atomic mass is 35.5. The number of para-hydroxylation sites is 1. The fraction of sp³-hybridized carbons (Fsp3) is 0.467. The molecule has 2 aliphatic rings. The molecule has 2 atom stereocenters. The summed E-state index contributed by atoms with van der Waals surface area (Å²) in [5, 5.41) is 8.05. The lowest BCUT2D eigenvalue weighted by atomic mass is 9.91. The number of carbonyl (C=O) groups is 2. The number of aromatic nitrogens is 1. The Labute approximate surface area is 235 Å². The quantitative estimate of drug-likeness (QED) is 0.379. The number of rotatable bonds is 9. The van der Waals surface area contributed by atoms with Crippen molar-refractivity contribution in [3.8, 4) is 0 Å². The number of piperidine rings is 1. The van der Waals surface area contributed by atoms with Gasteiger partial charge in [0.25, 0.3) is 0 Å². The van der Waals surface area contributed by atoms with E-state index >= 15 is 0 Å². The van der Waals surface area contributed by atoms with Crippen molar-refractivity contribution < 1.29 is 14.3 Å². The van der Waals surface area contributed by atoms with Gasteiger partial charge in [-0.25, -0.2) is 0 Å². The average Bonchev–Trinajstić information content (AvgIpc) is 3.33. The summed E-state index contributed by atoms with van der Waals surface area (Å²) in [6, 6.07) is 13.0. The maximum atomic E-state index is 14.3. The first-order valence-corrected chi connectivity index (χ1v) is 14.2. The van der Waals surface area contributed by atoms with E-state index in [1.54, 1.807) is 0 Å². The second-order valence-electron chi connectivity index (χ2n) is 11.0. The monoisotopic (exact) mass is 551 g/mol. The molecule has 0 saturated carbocycles. The number of nitrogens with zero attached hydrogens (tertiary/aromatic N) is 2. The minimum absolute atomic E-state index is 0.0578. The van der Waals surface area contributed by atoms with Crippen molar-refractivity contribution >= 4 is 40.0 Å². The van der Waals surface area contributed by atoms with Crippen LogP contribution in [0.4, 0.5) is 5.69 Å². The summed E-state index contributed by atoms with van der Waals surface area (Å²) in [5.74, 6) is -0.143. The first kappa shape index (κ1) is 27.6. The number of anilines is 1. The molecule has 3 aromatic rings. The Morgan fingerprint density at radius 2 is 1.97 bits per heavy atom. The Balaban J connectivity index is 1.40. The van der Waals surface area contributed by atoms with Crippen LogP contribution in [0.1, 0.15) is 24.0 Å². The molecule has 9 heteroatoms. The lowest BCUT2D eigenvalue weighted by Crippen LogP contribution is -2.54. The lowest BCUT2D eigenvalue weighted by Gasteiger charge is -2.37. The van der Waals surface area contributed by atoms with E-state index in [2.05, 4.69) is 20.5 Å². The number of carbonyl (C=O) groups excluding carboxylic acids is 2. The van der Waals surface area contributed by atoms with Crippen molar-refractivity contribution in [3.63, 3.8) is 0 Å². The molecule has 1 fully saturated rings. The van der Waals surface area contributed by atoms with E-state index in [0.29, 0.717) is 18.0 Å². The zero-order valence-corrected chi connectivity index (χ0v) is 23.5. The summed E-state index contributed by atoms with van der Waals surface area (Å²) < 4.78 is 5.90. The number of fused-ring (bicyclic) bond motifs is 2. The fourth-order valence-corrected chi connectivity index (χ4v) is 6.06. The molecule has 2 aliphatic heterocycles. The molecule has 0 spiro atoms. The van der Waals surface area contributed by atoms with Gasteiger partial charge in [0.1, 0.15) is 12.6 Å². The van der Waals surface area contributed by atoms with Gasteiger partial charge in [0.15, 0.2) is 0 Å². The lowest BCUT2D eigenvalue weighted by molar-refractivity contribution is -0.132. The van der Waals surface area contributed by atoms with Gasteiger partial charge >= 0.3 is 0 Å². The van der Waals surface area contributed by atoms with E-state index in [9.17, 15) is 9.59 Å². The number of ether oxygens (including phenoxy) is 1. The van der Waals surface area contributed by atoms with Gasteiger partial charge in [0.2, 0.25) is 11.8 Å². The number of benzene rings is 2. The van der Waals surface area contributed by atoms with Gasteiger partial charge in [-0.05, 0) is 87.8 Å².